The van der Waals surface area contributed by atoms with Crippen LogP contribution in [0.25, 0.3) is 0 Å². The summed E-state index contributed by atoms with van der Waals surface area (Å²) in [6.07, 6.45) is 5.96. The van der Waals surface area contributed by atoms with Gasteiger partial charge in [-0.3, -0.25) is 10.1 Å². The first-order chi connectivity index (χ1) is 13.0. The molecule has 0 bridgehead atoms. The number of anilines is 1. The molecule has 2 amide bonds. The minimum absolute atomic E-state index is 0.00786. The molecule has 2 saturated heterocycles. The fourth-order valence-corrected chi connectivity index (χ4v) is 5.84. The molecule has 1 spiro atoms. The molecule has 4 rings (SSSR count). The van der Waals surface area contributed by atoms with Crippen LogP contribution in [0.1, 0.15) is 51.9 Å². The van der Waals surface area contributed by atoms with Crippen LogP contribution in [-0.2, 0) is 9.53 Å². The van der Waals surface area contributed by atoms with E-state index in [1.54, 1.807) is 12.1 Å². The highest BCUT2D eigenvalue weighted by Gasteiger charge is 2.55. The monoisotopic (exact) mass is 390 g/mol. The number of carbonyl (C=O) groups is 2. The van der Waals surface area contributed by atoms with E-state index in [0.717, 1.165) is 45.1 Å². The molecule has 1 aromatic carbocycles. The summed E-state index contributed by atoms with van der Waals surface area (Å²) in [5, 5.41) is 3.25. The van der Waals surface area contributed by atoms with Gasteiger partial charge in [0.25, 0.3) is 0 Å². The molecule has 2 heterocycles. The van der Waals surface area contributed by atoms with Crippen LogP contribution in [0.15, 0.2) is 24.3 Å². The van der Waals surface area contributed by atoms with Gasteiger partial charge in [-0.15, -0.1) is 0 Å². The summed E-state index contributed by atoms with van der Waals surface area (Å²) in [4.78, 5) is 27.2. The molecule has 1 aliphatic carbocycles. The number of hydrogen-bond acceptors (Lipinski definition) is 3. The zero-order valence-corrected chi connectivity index (χ0v) is 16.5. The summed E-state index contributed by atoms with van der Waals surface area (Å²) in [5.41, 5.74) is 0.553. The summed E-state index contributed by atoms with van der Waals surface area (Å²) in [7, 11) is 0. The summed E-state index contributed by atoms with van der Waals surface area (Å²) in [5.74, 6) is 0.957. The Morgan fingerprint density at radius 2 is 2.07 bits per heavy atom. The second-order valence-electron chi connectivity index (χ2n) is 8.20. The molecule has 4 atom stereocenters. The fourth-order valence-electron chi connectivity index (χ4n) is 5.65. The van der Waals surface area contributed by atoms with E-state index in [0.29, 0.717) is 29.0 Å². The zero-order chi connectivity index (χ0) is 19.0. The fraction of sp³-hybridized carbons (Fsp3) is 0.619. The van der Waals surface area contributed by atoms with Crippen molar-refractivity contribution in [3.8, 4) is 0 Å². The van der Waals surface area contributed by atoms with E-state index in [4.69, 9.17) is 16.3 Å². The van der Waals surface area contributed by atoms with E-state index in [1.165, 1.54) is 0 Å². The highest BCUT2D eigenvalue weighted by molar-refractivity contribution is 6.33. The Hall–Kier alpha value is -1.75. The van der Waals surface area contributed by atoms with E-state index >= 15 is 0 Å². The van der Waals surface area contributed by atoms with E-state index in [2.05, 4.69) is 17.1 Å². The average Bonchev–Trinajstić information content (AvgIpc) is 3.01. The van der Waals surface area contributed by atoms with Crippen molar-refractivity contribution in [3.63, 3.8) is 0 Å². The number of ether oxygens (including phenoxy) is 1. The third kappa shape index (κ3) is 3.31. The lowest BCUT2D eigenvalue weighted by molar-refractivity contribution is -0.140. The normalized spacial score (nSPS) is 33.0. The Kier molecular flexibility index (Phi) is 5.06. The first-order valence-electron chi connectivity index (χ1n) is 10.0. The molecule has 6 heteroatoms. The highest BCUT2D eigenvalue weighted by Crippen LogP contribution is 2.52. The molecule has 3 fully saturated rings. The van der Waals surface area contributed by atoms with Crippen molar-refractivity contribution in [3.05, 3.63) is 29.3 Å². The molecule has 0 aromatic heterocycles. The molecule has 2 aliphatic heterocycles. The van der Waals surface area contributed by atoms with Gasteiger partial charge in [0, 0.05) is 18.5 Å². The molecule has 146 valence electrons. The predicted octanol–water partition coefficient (Wildman–Crippen LogP) is 4.85. The Bertz CT molecular complexity index is 740. The quantitative estimate of drug-likeness (QED) is 0.785. The number of hydrogen-bond donors (Lipinski definition) is 1. The van der Waals surface area contributed by atoms with Crippen molar-refractivity contribution in [2.75, 3.05) is 11.9 Å². The average molecular weight is 391 g/mol. The van der Waals surface area contributed by atoms with Crippen molar-refractivity contribution >= 4 is 29.3 Å². The van der Waals surface area contributed by atoms with Crippen molar-refractivity contribution in [2.45, 2.75) is 63.5 Å². The molecule has 1 aromatic rings. The van der Waals surface area contributed by atoms with Crippen molar-refractivity contribution in [1.82, 2.24) is 4.90 Å². The van der Waals surface area contributed by atoms with E-state index in [-0.39, 0.29) is 17.6 Å². The largest absolute Gasteiger partial charge is 0.446 e. The molecule has 1 N–H and O–H groups in total. The topological polar surface area (TPSA) is 58.6 Å². The van der Waals surface area contributed by atoms with E-state index in [1.807, 2.05) is 12.1 Å². The molecule has 3 aliphatic rings. The Labute approximate surface area is 165 Å². The highest BCUT2D eigenvalue weighted by atomic mass is 35.5. The van der Waals surface area contributed by atoms with Gasteiger partial charge in [0.15, 0.2) is 0 Å². The summed E-state index contributed by atoms with van der Waals surface area (Å²) in [6, 6.07) is 7.14. The van der Waals surface area contributed by atoms with Crippen LogP contribution in [0.2, 0.25) is 5.02 Å². The van der Waals surface area contributed by atoms with Crippen LogP contribution in [-0.4, -0.2) is 35.1 Å². The maximum atomic E-state index is 12.6. The number of nitrogens with zero attached hydrogens (tertiary/aromatic N) is 1. The predicted molar refractivity (Wildman–Crippen MR) is 105 cm³/mol. The number of carbonyl (C=O) groups excluding carboxylic acids is 2. The van der Waals surface area contributed by atoms with Crippen molar-refractivity contribution < 1.29 is 14.3 Å². The van der Waals surface area contributed by atoms with Gasteiger partial charge in [-0.25, -0.2) is 4.79 Å². The lowest BCUT2D eigenvalue weighted by Gasteiger charge is -2.51. The number of nitrogens with one attached hydrogen (secondary N) is 1. The number of benzene rings is 1. The van der Waals surface area contributed by atoms with Crippen LogP contribution in [0, 0.1) is 11.8 Å². The van der Waals surface area contributed by atoms with Gasteiger partial charge in [0.2, 0.25) is 5.91 Å². The maximum absolute atomic E-state index is 12.6. The van der Waals surface area contributed by atoms with Gasteiger partial charge in [-0.1, -0.05) is 30.7 Å². The molecule has 27 heavy (non-hydrogen) atoms. The first kappa shape index (κ1) is 18.6. The number of rotatable bonds is 2. The molecular weight excluding hydrogens is 364 g/mol. The summed E-state index contributed by atoms with van der Waals surface area (Å²) in [6.45, 7) is 3.08. The molecule has 0 radical (unpaired) electrons. The standard InChI is InChI=1S/C21H27ClN2O3/c1-14-15-6-4-9-19(25)24-13-5-11-21(15,24)12-10-18(14)27-20(26)23-17-8-3-2-7-16(17)22/h2-3,7-8,14-15,18H,4-6,9-13H2,1H3,(H,23,26)/t14-,15+,18+,21-/m1/s1. The van der Waals surface area contributed by atoms with Crippen LogP contribution < -0.4 is 5.32 Å². The van der Waals surface area contributed by atoms with Gasteiger partial charge in [-0.2, -0.15) is 0 Å². The van der Waals surface area contributed by atoms with Gasteiger partial charge >= 0.3 is 6.09 Å². The van der Waals surface area contributed by atoms with Gasteiger partial charge in [0.1, 0.15) is 6.10 Å². The third-order valence-corrected chi connectivity index (χ3v) is 7.21. The van der Waals surface area contributed by atoms with Gasteiger partial charge < -0.3 is 9.64 Å². The van der Waals surface area contributed by atoms with Crippen molar-refractivity contribution in [2.24, 2.45) is 11.8 Å². The van der Waals surface area contributed by atoms with E-state index < -0.39 is 6.09 Å². The van der Waals surface area contributed by atoms with Crippen LogP contribution in [0.3, 0.4) is 0 Å². The smallest absolute Gasteiger partial charge is 0.411 e. The summed E-state index contributed by atoms with van der Waals surface area (Å²) >= 11 is 6.12. The van der Waals surface area contributed by atoms with Gasteiger partial charge in [-0.05, 0) is 62.5 Å². The minimum atomic E-state index is -0.455. The van der Waals surface area contributed by atoms with Gasteiger partial charge in [0.05, 0.1) is 10.7 Å². The number of halogens is 1. The lowest BCUT2D eigenvalue weighted by Crippen LogP contribution is -2.57. The first-order valence-corrected chi connectivity index (χ1v) is 10.4. The van der Waals surface area contributed by atoms with Crippen molar-refractivity contribution in [1.29, 1.82) is 0 Å². The molecule has 0 unspecified atom stereocenters. The van der Waals surface area contributed by atoms with E-state index in [9.17, 15) is 9.59 Å². The Balaban J connectivity index is 1.46. The Morgan fingerprint density at radius 1 is 1.26 bits per heavy atom. The maximum Gasteiger partial charge on any atom is 0.411 e. The number of para-hydroxylation sites is 1. The zero-order valence-electron chi connectivity index (χ0n) is 15.7. The second kappa shape index (κ2) is 7.34. The van der Waals surface area contributed by atoms with Crippen LogP contribution in [0.5, 0.6) is 0 Å². The second-order valence-corrected chi connectivity index (χ2v) is 8.60. The van der Waals surface area contributed by atoms with Crippen LogP contribution in [0.4, 0.5) is 10.5 Å². The SMILES string of the molecule is C[C@H]1[C@@H](OC(=O)Nc2ccccc2Cl)CC[C@@]23CCCN2C(=O)CCC[C@@H]13. The minimum Gasteiger partial charge on any atom is -0.446 e. The molecule has 5 nitrogen and oxygen atoms in total. The molecular formula is C21H27ClN2O3. The Morgan fingerprint density at radius 3 is 2.89 bits per heavy atom. The van der Waals surface area contributed by atoms with Crippen LogP contribution >= 0.6 is 11.6 Å². The molecule has 1 saturated carbocycles. The number of amides is 2. The summed E-state index contributed by atoms with van der Waals surface area (Å²) < 4.78 is 5.81. The lowest BCUT2D eigenvalue weighted by atomic mass is 9.64. The third-order valence-electron chi connectivity index (χ3n) is 6.88.